The van der Waals surface area contributed by atoms with Gasteiger partial charge in [-0.15, -0.1) is 0 Å². The van der Waals surface area contributed by atoms with Crippen LogP contribution in [0.4, 0.5) is 0 Å². The molecule has 0 spiro atoms. The normalized spacial score (nSPS) is 26.6. The lowest BCUT2D eigenvalue weighted by Gasteiger charge is -2.29. The predicted octanol–water partition coefficient (Wildman–Crippen LogP) is 1.01. The van der Waals surface area contributed by atoms with Crippen LogP contribution in [0.1, 0.15) is 25.5 Å². The summed E-state index contributed by atoms with van der Waals surface area (Å²) in [4.78, 5) is 2.15. The Morgan fingerprint density at radius 2 is 1.80 bits per heavy atom. The molecule has 112 valence electrons. The molecule has 20 heavy (non-hydrogen) atoms. The standard InChI is InChI=1S/C16H26N2O2/c1-3-17-16(13-7-5-4-6-8-13)12(2)9-18-10-14(19)15(20)11-18/h4-8,12,14-17,19-20H,3,9-11H2,1-2H3. The van der Waals surface area contributed by atoms with Crippen LogP contribution in [0.15, 0.2) is 30.3 Å². The van der Waals surface area contributed by atoms with Crippen LogP contribution < -0.4 is 5.32 Å². The maximum absolute atomic E-state index is 9.63. The first-order valence-electron chi connectivity index (χ1n) is 7.48. The van der Waals surface area contributed by atoms with E-state index in [1.165, 1.54) is 5.56 Å². The minimum atomic E-state index is -0.600. The minimum Gasteiger partial charge on any atom is -0.389 e. The van der Waals surface area contributed by atoms with Gasteiger partial charge in [0, 0.05) is 25.7 Å². The van der Waals surface area contributed by atoms with Gasteiger partial charge in [0.15, 0.2) is 0 Å². The molecule has 4 nitrogen and oxygen atoms in total. The Bertz CT molecular complexity index is 389. The smallest absolute Gasteiger partial charge is 0.0938 e. The van der Waals surface area contributed by atoms with Crippen molar-refractivity contribution in [1.29, 1.82) is 0 Å². The van der Waals surface area contributed by atoms with E-state index < -0.39 is 12.2 Å². The molecule has 0 saturated carbocycles. The monoisotopic (exact) mass is 278 g/mol. The molecule has 4 atom stereocenters. The van der Waals surface area contributed by atoms with Crippen LogP contribution in [0.5, 0.6) is 0 Å². The molecule has 0 amide bonds. The Morgan fingerprint density at radius 3 is 2.35 bits per heavy atom. The molecule has 0 aliphatic carbocycles. The van der Waals surface area contributed by atoms with Crippen LogP contribution in [0.2, 0.25) is 0 Å². The average Bonchev–Trinajstić information content (AvgIpc) is 2.75. The van der Waals surface area contributed by atoms with Gasteiger partial charge in [-0.2, -0.15) is 0 Å². The number of nitrogens with one attached hydrogen (secondary N) is 1. The third-order valence-corrected chi connectivity index (χ3v) is 4.03. The summed E-state index contributed by atoms with van der Waals surface area (Å²) in [5.74, 6) is 0.412. The van der Waals surface area contributed by atoms with Crippen LogP contribution in [0, 0.1) is 5.92 Å². The Balaban J connectivity index is 1.99. The molecule has 4 heteroatoms. The van der Waals surface area contributed by atoms with Crippen LogP contribution in [-0.4, -0.2) is 53.5 Å². The highest BCUT2D eigenvalue weighted by Crippen LogP contribution is 2.24. The molecular weight excluding hydrogens is 252 g/mol. The summed E-state index contributed by atoms with van der Waals surface area (Å²) in [5, 5.41) is 22.8. The van der Waals surface area contributed by atoms with E-state index >= 15 is 0 Å². The molecule has 1 fully saturated rings. The number of benzene rings is 1. The summed E-state index contributed by atoms with van der Waals surface area (Å²) in [6, 6.07) is 10.8. The summed E-state index contributed by atoms with van der Waals surface area (Å²) in [6.07, 6.45) is -1.20. The topological polar surface area (TPSA) is 55.7 Å². The zero-order valence-electron chi connectivity index (χ0n) is 12.4. The molecule has 1 heterocycles. The van der Waals surface area contributed by atoms with Gasteiger partial charge in [0.1, 0.15) is 0 Å². The minimum absolute atomic E-state index is 0.302. The lowest BCUT2D eigenvalue weighted by Crippen LogP contribution is -2.35. The van der Waals surface area contributed by atoms with E-state index in [0.717, 1.165) is 13.1 Å². The summed E-state index contributed by atoms with van der Waals surface area (Å²) >= 11 is 0. The van der Waals surface area contributed by atoms with E-state index in [4.69, 9.17) is 0 Å². The van der Waals surface area contributed by atoms with Crippen molar-refractivity contribution in [3.8, 4) is 0 Å². The molecule has 4 unspecified atom stereocenters. The Morgan fingerprint density at radius 1 is 1.20 bits per heavy atom. The lowest BCUT2D eigenvalue weighted by molar-refractivity contribution is 0.0572. The second kappa shape index (κ2) is 7.18. The highest BCUT2D eigenvalue weighted by atomic mass is 16.3. The van der Waals surface area contributed by atoms with E-state index in [1.807, 2.05) is 6.07 Å². The number of nitrogens with zero attached hydrogens (tertiary/aromatic N) is 1. The van der Waals surface area contributed by atoms with E-state index in [0.29, 0.717) is 25.0 Å². The molecule has 1 aliphatic heterocycles. The molecule has 2 rings (SSSR count). The van der Waals surface area contributed by atoms with Gasteiger partial charge in [-0.3, -0.25) is 4.90 Å². The van der Waals surface area contributed by atoms with E-state index in [2.05, 4.69) is 48.3 Å². The molecular formula is C16H26N2O2. The first-order chi connectivity index (χ1) is 9.61. The van der Waals surface area contributed by atoms with Crippen molar-refractivity contribution in [3.05, 3.63) is 35.9 Å². The largest absolute Gasteiger partial charge is 0.389 e. The van der Waals surface area contributed by atoms with Crippen LogP contribution in [-0.2, 0) is 0 Å². The number of rotatable bonds is 6. The SMILES string of the molecule is CCNC(c1ccccc1)C(C)CN1CC(O)C(O)C1. The fourth-order valence-corrected chi connectivity index (χ4v) is 3.04. The van der Waals surface area contributed by atoms with Gasteiger partial charge in [0.05, 0.1) is 12.2 Å². The van der Waals surface area contributed by atoms with Crippen LogP contribution in [0.25, 0.3) is 0 Å². The molecule has 1 aromatic rings. The second-order valence-corrected chi connectivity index (χ2v) is 5.78. The second-order valence-electron chi connectivity index (χ2n) is 5.78. The third-order valence-electron chi connectivity index (χ3n) is 4.03. The van der Waals surface area contributed by atoms with Crippen LogP contribution >= 0.6 is 0 Å². The molecule has 3 N–H and O–H groups in total. The number of likely N-dealkylation sites (tertiary alicyclic amines) is 1. The van der Waals surface area contributed by atoms with E-state index in [1.54, 1.807) is 0 Å². The van der Waals surface area contributed by atoms with Crippen molar-refractivity contribution >= 4 is 0 Å². The molecule has 1 saturated heterocycles. The Kier molecular flexibility index (Phi) is 5.54. The van der Waals surface area contributed by atoms with Gasteiger partial charge in [0.25, 0.3) is 0 Å². The van der Waals surface area contributed by atoms with Gasteiger partial charge in [0.2, 0.25) is 0 Å². The zero-order valence-corrected chi connectivity index (χ0v) is 12.4. The lowest BCUT2D eigenvalue weighted by atomic mass is 9.94. The summed E-state index contributed by atoms with van der Waals surface area (Å²) in [5.41, 5.74) is 1.29. The fraction of sp³-hybridized carbons (Fsp3) is 0.625. The fourth-order valence-electron chi connectivity index (χ4n) is 3.04. The maximum Gasteiger partial charge on any atom is 0.0938 e. The van der Waals surface area contributed by atoms with Gasteiger partial charge >= 0.3 is 0 Å². The van der Waals surface area contributed by atoms with E-state index in [-0.39, 0.29) is 0 Å². The predicted molar refractivity (Wildman–Crippen MR) is 80.5 cm³/mol. The van der Waals surface area contributed by atoms with E-state index in [9.17, 15) is 10.2 Å². The number of β-amino-alcohol motifs (C(OH)–C–C–N with tert-alkyl or cyclic N) is 2. The first-order valence-corrected chi connectivity index (χ1v) is 7.48. The summed E-state index contributed by atoms with van der Waals surface area (Å²) < 4.78 is 0. The van der Waals surface area contributed by atoms with Crippen molar-refractivity contribution in [2.45, 2.75) is 32.1 Å². The number of aliphatic hydroxyl groups is 2. The Labute approximate surface area is 121 Å². The third kappa shape index (κ3) is 3.79. The quantitative estimate of drug-likeness (QED) is 0.727. The van der Waals surface area contributed by atoms with Crippen molar-refractivity contribution in [3.63, 3.8) is 0 Å². The van der Waals surface area contributed by atoms with Gasteiger partial charge in [-0.05, 0) is 18.0 Å². The Hall–Kier alpha value is -0.940. The average molecular weight is 278 g/mol. The van der Waals surface area contributed by atoms with Gasteiger partial charge in [-0.1, -0.05) is 44.2 Å². The summed E-state index contributed by atoms with van der Waals surface area (Å²) in [6.45, 7) is 7.28. The van der Waals surface area contributed by atoms with Crippen molar-refractivity contribution in [2.75, 3.05) is 26.2 Å². The van der Waals surface area contributed by atoms with Crippen LogP contribution in [0.3, 0.4) is 0 Å². The molecule has 0 radical (unpaired) electrons. The van der Waals surface area contributed by atoms with Gasteiger partial charge in [-0.25, -0.2) is 0 Å². The zero-order chi connectivity index (χ0) is 14.5. The number of aliphatic hydroxyl groups excluding tert-OH is 2. The maximum atomic E-state index is 9.63. The number of hydrogen-bond donors (Lipinski definition) is 3. The molecule has 1 aromatic carbocycles. The number of hydrogen-bond acceptors (Lipinski definition) is 4. The van der Waals surface area contributed by atoms with Crippen molar-refractivity contribution in [1.82, 2.24) is 10.2 Å². The van der Waals surface area contributed by atoms with Crippen molar-refractivity contribution < 1.29 is 10.2 Å². The molecule has 0 bridgehead atoms. The first kappa shape index (κ1) is 15.4. The van der Waals surface area contributed by atoms with Gasteiger partial charge < -0.3 is 15.5 Å². The van der Waals surface area contributed by atoms with Crippen molar-refractivity contribution in [2.24, 2.45) is 5.92 Å². The highest BCUT2D eigenvalue weighted by Gasteiger charge is 2.31. The molecule has 1 aliphatic rings. The summed E-state index contributed by atoms with van der Waals surface area (Å²) in [7, 11) is 0. The highest BCUT2D eigenvalue weighted by molar-refractivity contribution is 5.19. The molecule has 0 aromatic heterocycles.